The first kappa shape index (κ1) is 15.1. The molecule has 8 nitrogen and oxygen atoms in total. The summed E-state index contributed by atoms with van der Waals surface area (Å²) in [5.74, 6) is 0.927. The van der Waals surface area contributed by atoms with Gasteiger partial charge >= 0.3 is 0 Å². The average molecular weight is 306 g/mol. The topological polar surface area (TPSA) is 87.4 Å². The Morgan fingerprint density at radius 2 is 2.23 bits per heavy atom. The van der Waals surface area contributed by atoms with Gasteiger partial charge in [0.2, 0.25) is 5.91 Å². The number of nitrogens with zero attached hydrogens (tertiary/aromatic N) is 6. The van der Waals surface area contributed by atoms with E-state index < -0.39 is 6.10 Å². The third-order valence-corrected chi connectivity index (χ3v) is 4.50. The van der Waals surface area contributed by atoms with E-state index in [-0.39, 0.29) is 11.8 Å². The first-order chi connectivity index (χ1) is 10.5. The Hall–Kier alpha value is -1.80. The van der Waals surface area contributed by atoms with E-state index in [0.717, 1.165) is 24.4 Å². The van der Waals surface area contributed by atoms with E-state index >= 15 is 0 Å². The Morgan fingerprint density at radius 3 is 2.77 bits per heavy atom. The minimum Gasteiger partial charge on any atom is -0.391 e. The van der Waals surface area contributed by atoms with Crippen molar-refractivity contribution in [1.29, 1.82) is 0 Å². The van der Waals surface area contributed by atoms with Crippen molar-refractivity contribution in [2.75, 3.05) is 33.2 Å². The van der Waals surface area contributed by atoms with Gasteiger partial charge in [-0.15, -0.1) is 5.10 Å². The summed E-state index contributed by atoms with van der Waals surface area (Å²) in [6.45, 7) is 2.70. The number of aliphatic hydroxyl groups excluding tert-OH is 1. The van der Waals surface area contributed by atoms with Crippen LogP contribution in [0.15, 0.2) is 6.08 Å². The van der Waals surface area contributed by atoms with Gasteiger partial charge in [0.1, 0.15) is 0 Å². The van der Waals surface area contributed by atoms with Crippen molar-refractivity contribution < 1.29 is 9.90 Å². The molecule has 120 valence electrons. The fraction of sp³-hybridized carbons (Fsp3) is 0.714. The van der Waals surface area contributed by atoms with Crippen LogP contribution in [0.5, 0.6) is 0 Å². The summed E-state index contributed by atoms with van der Waals surface area (Å²) < 4.78 is 1.65. The number of aliphatic hydroxyl groups is 1. The molecule has 0 saturated carbocycles. The second-order valence-electron chi connectivity index (χ2n) is 6.20. The number of carbonyl (C=O) groups is 1. The molecule has 1 fully saturated rings. The van der Waals surface area contributed by atoms with Crippen molar-refractivity contribution in [2.45, 2.75) is 18.9 Å². The molecule has 0 unspecified atom stereocenters. The molecule has 22 heavy (non-hydrogen) atoms. The normalized spacial score (nSPS) is 26.3. The van der Waals surface area contributed by atoms with Crippen LogP contribution in [0.2, 0.25) is 0 Å². The zero-order valence-corrected chi connectivity index (χ0v) is 13.0. The Bertz CT molecular complexity index is 584. The Labute approximate surface area is 129 Å². The predicted octanol–water partition coefficient (Wildman–Crippen LogP) is -0.862. The molecule has 1 aromatic heterocycles. The van der Waals surface area contributed by atoms with Crippen molar-refractivity contribution in [3.63, 3.8) is 0 Å². The SMILES string of the molecule is CN1C[C@@H](CC(=O)N2CC=C(c3nnnn3C)CC2)[C@H](O)C1. The van der Waals surface area contributed by atoms with Crippen LogP contribution < -0.4 is 0 Å². The number of β-amino-alcohol motifs (C(OH)–C–C–N with tert-alkyl or cyclic N) is 1. The van der Waals surface area contributed by atoms with Gasteiger partial charge in [-0.05, 0) is 29.5 Å². The summed E-state index contributed by atoms with van der Waals surface area (Å²) in [4.78, 5) is 16.3. The summed E-state index contributed by atoms with van der Waals surface area (Å²) in [6.07, 6.45) is 2.80. The lowest BCUT2D eigenvalue weighted by atomic mass is 10.00. The molecule has 0 radical (unpaired) electrons. The van der Waals surface area contributed by atoms with Crippen molar-refractivity contribution in [1.82, 2.24) is 30.0 Å². The molecule has 8 heteroatoms. The monoisotopic (exact) mass is 306 g/mol. The number of likely N-dealkylation sites (N-methyl/N-ethyl adjacent to an activating group) is 1. The Balaban J connectivity index is 1.58. The number of likely N-dealkylation sites (tertiary alicyclic amines) is 1. The first-order valence-electron chi connectivity index (χ1n) is 7.60. The molecule has 2 aliphatic rings. The molecule has 2 atom stereocenters. The van der Waals surface area contributed by atoms with Crippen LogP contribution in [0.4, 0.5) is 0 Å². The smallest absolute Gasteiger partial charge is 0.223 e. The lowest BCUT2D eigenvalue weighted by molar-refractivity contribution is -0.132. The van der Waals surface area contributed by atoms with Crippen molar-refractivity contribution in [3.8, 4) is 0 Å². The standard InChI is InChI=1S/C14H22N6O2/c1-18-8-11(12(21)9-18)7-13(22)20-5-3-10(4-6-20)14-15-16-17-19(14)2/h3,11-12,21H,4-9H2,1-2H3/t11-,12-/m1/s1. The van der Waals surface area contributed by atoms with Crippen molar-refractivity contribution in [3.05, 3.63) is 11.9 Å². The second-order valence-corrected chi connectivity index (χ2v) is 6.20. The number of rotatable bonds is 3. The molecule has 1 amide bonds. The van der Waals surface area contributed by atoms with Gasteiger partial charge in [0.15, 0.2) is 5.82 Å². The minimum absolute atomic E-state index is 0.0471. The average Bonchev–Trinajstić information content (AvgIpc) is 3.05. The molecule has 0 aromatic carbocycles. The predicted molar refractivity (Wildman–Crippen MR) is 79.6 cm³/mol. The van der Waals surface area contributed by atoms with Gasteiger partial charge in [-0.3, -0.25) is 4.79 Å². The van der Waals surface area contributed by atoms with Gasteiger partial charge < -0.3 is 14.9 Å². The fourth-order valence-electron chi connectivity index (χ4n) is 3.22. The van der Waals surface area contributed by atoms with Gasteiger partial charge in [0.05, 0.1) is 6.10 Å². The van der Waals surface area contributed by atoms with E-state index in [0.29, 0.717) is 26.1 Å². The maximum atomic E-state index is 12.4. The highest BCUT2D eigenvalue weighted by Gasteiger charge is 2.32. The van der Waals surface area contributed by atoms with Gasteiger partial charge in [0.25, 0.3) is 0 Å². The van der Waals surface area contributed by atoms with E-state index in [1.807, 2.05) is 25.1 Å². The van der Waals surface area contributed by atoms with Crippen LogP contribution in [0.1, 0.15) is 18.7 Å². The van der Waals surface area contributed by atoms with E-state index in [2.05, 4.69) is 20.4 Å². The van der Waals surface area contributed by atoms with E-state index in [1.165, 1.54) is 0 Å². The zero-order chi connectivity index (χ0) is 15.7. The summed E-state index contributed by atoms with van der Waals surface area (Å²) in [7, 11) is 3.78. The number of hydrogen-bond acceptors (Lipinski definition) is 6. The number of aromatic nitrogens is 4. The third-order valence-electron chi connectivity index (χ3n) is 4.50. The summed E-state index contributed by atoms with van der Waals surface area (Å²) in [5, 5.41) is 21.4. The quantitative estimate of drug-likeness (QED) is 0.782. The van der Waals surface area contributed by atoms with Gasteiger partial charge in [-0.25, -0.2) is 4.68 Å². The number of hydrogen-bond donors (Lipinski definition) is 1. The molecule has 3 heterocycles. The van der Waals surface area contributed by atoms with Crippen LogP contribution in [0.3, 0.4) is 0 Å². The van der Waals surface area contributed by atoms with Gasteiger partial charge in [-0.1, -0.05) is 6.08 Å². The second kappa shape index (κ2) is 6.13. The maximum Gasteiger partial charge on any atom is 0.223 e. The lowest BCUT2D eigenvalue weighted by Crippen LogP contribution is -2.37. The lowest BCUT2D eigenvalue weighted by Gasteiger charge is -2.27. The van der Waals surface area contributed by atoms with Gasteiger partial charge in [0, 0.05) is 45.6 Å². The molecule has 1 N–H and O–H groups in total. The van der Waals surface area contributed by atoms with Crippen LogP contribution in [0, 0.1) is 5.92 Å². The molecular formula is C14H22N6O2. The van der Waals surface area contributed by atoms with Crippen molar-refractivity contribution >= 4 is 11.5 Å². The molecule has 0 aliphatic carbocycles. The third kappa shape index (κ3) is 3.02. The number of amides is 1. The minimum atomic E-state index is -0.394. The molecular weight excluding hydrogens is 284 g/mol. The molecule has 1 saturated heterocycles. The molecule has 2 aliphatic heterocycles. The molecule has 1 aromatic rings. The number of aryl methyl sites for hydroxylation is 1. The van der Waals surface area contributed by atoms with Crippen LogP contribution in [-0.4, -0.2) is 80.4 Å². The number of tetrazole rings is 1. The largest absolute Gasteiger partial charge is 0.391 e. The highest BCUT2D eigenvalue weighted by atomic mass is 16.3. The Kier molecular flexibility index (Phi) is 4.21. The van der Waals surface area contributed by atoms with E-state index in [1.54, 1.807) is 4.68 Å². The van der Waals surface area contributed by atoms with E-state index in [4.69, 9.17) is 0 Å². The highest BCUT2D eigenvalue weighted by Crippen LogP contribution is 2.23. The maximum absolute atomic E-state index is 12.4. The Morgan fingerprint density at radius 1 is 1.41 bits per heavy atom. The number of carbonyl (C=O) groups excluding carboxylic acids is 1. The molecule has 3 rings (SSSR count). The molecule has 0 bridgehead atoms. The van der Waals surface area contributed by atoms with Crippen LogP contribution in [0.25, 0.3) is 5.57 Å². The highest BCUT2D eigenvalue weighted by molar-refractivity contribution is 5.78. The summed E-state index contributed by atoms with van der Waals surface area (Å²) >= 11 is 0. The van der Waals surface area contributed by atoms with Crippen LogP contribution >= 0.6 is 0 Å². The van der Waals surface area contributed by atoms with Crippen LogP contribution in [-0.2, 0) is 11.8 Å². The zero-order valence-electron chi connectivity index (χ0n) is 13.0. The fourth-order valence-corrected chi connectivity index (χ4v) is 3.22. The van der Waals surface area contributed by atoms with Gasteiger partial charge in [-0.2, -0.15) is 0 Å². The van der Waals surface area contributed by atoms with Crippen molar-refractivity contribution in [2.24, 2.45) is 13.0 Å². The molecule has 0 spiro atoms. The summed E-state index contributed by atoms with van der Waals surface area (Å²) in [6, 6.07) is 0. The van der Waals surface area contributed by atoms with E-state index in [9.17, 15) is 9.90 Å². The first-order valence-corrected chi connectivity index (χ1v) is 7.60. The summed E-state index contributed by atoms with van der Waals surface area (Å²) in [5.41, 5.74) is 1.08.